The van der Waals surface area contributed by atoms with Gasteiger partial charge in [-0.05, 0) is 70.7 Å². The number of halogens is 2. The standard InChI is InChI=1S/C24H30Cl2N6/c1-15-5-4-10-31(15)19-8-11-30(12-9-19)22-14-27-23-16(2)29-32(24(23)28-22)17(3)20-7-6-18(25)13-21(20)26/h6-7,13-15,17,19H,4-5,8-12H2,1-3H3/t15-,17-/m1/s1. The Kier molecular flexibility index (Phi) is 6.03. The SMILES string of the molecule is Cc1nn([C@H](C)c2ccc(Cl)cc2Cl)c2nc(N3CCC(N4CCC[C@H]4C)CC3)cnc12. The van der Waals surface area contributed by atoms with Crippen molar-refractivity contribution in [3.8, 4) is 0 Å². The van der Waals surface area contributed by atoms with E-state index in [0.717, 1.165) is 47.4 Å². The summed E-state index contributed by atoms with van der Waals surface area (Å²) in [5.41, 5.74) is 3.48. The van der Waals surface area contributed by atoms with E-state index in [1.54, 1.807) is 6.07 Å². The molecule has 5 rings (SSSR count). The van der Waals surface area contributed by atoms with Crippen molar-refractivity contribution < 1.29 is 0 Å². The van der Waals surface area contributed by atoms with Crippen molar-refractivity contribution in [1.29, 1.82) is 0 Å². The zero-order valence-corrected chi connectivity index (χ0v) is 20.4. The van der Waals surface area contributed by atoms with Crippen molar-refractivity contribution >= 4 is 40.2 Å². The monoisotopic (exact) mass is 472 g/mol. The van der Waals surface area contributed by atoms with Crippen molar-refractivity contribution in [3.63, 3.8) is 0 Å². The highest BCUT2D eigenvalue weighted by molar-refractivity contribution is 6.35. The maximum Gasteiger partial charge on any atom is 0.179 e. The number of anilines is 1. The lowest BCUT2D eigenvalue weighted by Gasteiger charge is -2.39. The summed E-state index contributed by atoms with van der Waals surface area (Å²) in [5, 5.41) is 6.02. The quantitative estimate of drug-likeness (QED) is 0.501. The number of fused-ring (bicyclic) bond motifs is 1. The molecule has 2 aliphatic heterocycles. The summed E-state index contributed by atoms with van der Waals surface area (Å²) < 4.78 is 1.94. The molecule has 2 saturated heterocycles. The van der Waals surface area contributed by atoms with E-state index in [9.17, 15) is 0 Å². The van der Waals surface area contributed by atoms with Gasteiger partial charge >= 0.3 is 0 Å². The maximum atomic E-state index is 6.49. The Morgan fingerprint density at radius 1 is 1.09 bits per heavy atom. The first-order valence-corrected chi connectivity index (χ1v) is 12.4. The molecule has 0 bridgehead atoms. The molecule has 0 amide bonds. The van der Waals surface area contributed by atoms with Crippen LogP contribution in [0.25, 0.3) is 11.2 Å². The summed E-state index contributed by atoms with van der Waals surface area (Å²) >= 11 is 12.6. The van der Waals surface area contributed by atoms with Crippen LogP contribution < -0.4 is 4.90 Å². The minimum atomic E-state index is -0.0806. The van der Waals surface area contributed by atoms with Gasteiger partial charge in [0.15, 0.2) is 5.65 Å². The highest BCUT2D eigenvalue weighted by atomic mass is 35.5. The predicted molar refractivity (Wildman–Crippen MR) is 131 cm³/mol. The van der Waals surface area contributed by atoms with Crippen molar-refractivity contribution in [2.24, 2.45) is 0 Å². The van der Waals surface area contributed by atoms with E-state index in [0.29, 0.717) is 16.1 Å². The molecule has 2 fully saturated rings. The average molecular weight is 473 g/mol. The van der Waals surface area contributed by atoms with Crippen LogP contribution in [-0.4, -0.2) is 56.4 Å². The van der Waals surface area contributed by atoms with E-state index < -0.39 is 0 Å². The molecule has 2 aromatic heterocycles. The van der Waals surface area contributed by atoms with Crippen LogP contribution in [0.4, 0.5) is 5.82 Å². The van der Waals surface area contributed by atoms with E-state index in [1.807, 2.05) is 29.9 Å². The smallest absolute Gasteiger partial charge is 0.179 e. The zero-order valence-electron chi connectivity index (χ0n) is 18.9. The third kappa shape index (κ3) is 3.97. The number of rotatable bonds is 4. The topological polar surface area (TPSA) is 50.1 Å². The number of likely N-dealkylation sites (tertiary alicyclic amines) is 1. The zero-order chi connectivity index (χ0) is 22.4. The van der Waals surface area contributed by atoms with Gasteiger partial charge in [0.25, 0.3) is 0 Å². The van der Waals surface area contributed by atoms with Crippen LogP contribution in [0.5, 0.6) is 0 Å². The Labute approximate surface area is 199 Å². The largest absolute Gasteiger partial charge is 0.355 e. The van der Waals surface area contributed by atoms with Crippen LogP contribution in [0, 0.1) is 6.92 Å². The van der Waals surface area contributed by atoms with Gasteiger partial charge in [0.05, 0.1) is 17.9 Å². The number of benzene rings is 1. The minimum Gasteiger partial charge on any atom is -0.355 e. The molecule has 0 aliphatic carbocycles. The Hall–Kier alpha value is -1.89. The lowest BCUT2D eigenvalue weighted by Crippen LogP contribution is -2.46. The van der Waals surface area contributed by atoms with Crippen molar-refractivity contribution in [3.05, 3.63) is 45.7 Å². The molecule has 8 heteroatoms. The second-order valence-electron chi connectivity index (χ2n) is 9.22. The molecule has 0 saturated carbocycles. The van der Waals surface area contributed by atoms with Gasteiger partial charge in [0.2, 0.25) is 0 Å². The van der Waals surface area contributed by atoms with Gasteiger partial charge in [-0.3, -0.25) is 4.90 Å². The second kappa shape index (κ2) is 8.81. The summed E-state index contributed by atoms with van der Waals surface area (Å²) in [6.07, 6.45) is 6.93. The highest BCUT2D eigenvalue weighted by Crippen LogP contribution is 2.32. The molecule has 170 valence electrons. The predicted octanol–water partition coefficient (Wildman–Crippen LogP) is 5.50. The van der Waals surface area contributed by atoms with Crippen LogP contribution >= 0.6 is 23.2 Å². The molecule has 0 spiro atoms. The summed E-state index contributed by atoms with van der Waals surface area (Å²) in [5.74, 6) is 0.931. The first-order valence-electron chi connectivity index (χ1n) is 11.6. The Balaban J connectivity index is 1.40. The minimum absolute atomic E-state index is 0.0806. The molecule has 2 atom stereocenters. The van der Waals surface area contributed by atoms with E-state index in [2.05, 4.69) is 23.6 Å². The number of aryl methyl sites for hydroxylation is 1. The van der Waals surface area contributed by atoms with Crippen molar-refractivity contribution in [1.82, 2.24) is 24.6 Å². The molecule has 0 N–H and O–H groups in total. The van der Waals surface area contributed by atoms with Crippen molar-refractivity contribution in [2.75, 3.05) is 24.5 Å². The van der Waals surface area contributed by atoms with Gasteiger partial charge in [-0.2, -0.15) is 5.10 Å². The second-order valence-corrected chi connectivity index (χ2v) is 10.1. The number of nitrogens with zero attached hydrogens (tertiary/aromatic N) is 6. The third-order valence-electron chi connectivity index (χ3n) is 7.20. The molecule has 0 unspecified atom stereocenters. The molecule has 4 heterocycles. The van der Waals surface area contributed by atoms with Gasteiger partial charge in [-0.1, -0.05) is 29.3 Å². The Bertz CT molecular complexity index is 1120. The van der Waals surface area contributed by atoms with Gasteiger partial charge in [0.1, 0.15) is 11.3 Å². The van der Waals surface area contributed by atoms with E-state index in [-0.39, 0.29) is 6.04 Å². The summed E-state index contributed by atoms with van der Waals surface area (Å²) in [4.78, 5) is 14.9. The molecule has 2 aliphatic rings. The molecular formula is C24H30Cl2N6. The first kappa shape index (κ1) is 21.9. The van der Waals surface area contributed by atoms with Crippen LogP contribution in [0.1, 0.15) is 56.8 Å². The lowest BCUT2D eigenvalue weighted by atomic mass is 10.0. The first-order chi connectivity index (χ1) is 15.4. The number of hydrogen-bond donors (Lipinski definition) is 0. The van der Waals surface area contributed by atoms with Crippen LogP contribution in [-0.2, 0) is 0 Å². The fraction of sp³-hybridized carbons (Fsp3) is 0.542. The maximum absolute atomic E-state index is 6.49. The van der Waals surface area contributed by atoms with Gasteiger partial charge in [-0.15, -0.1) is 0 Å². The fourth-order valence-electron chi connectivity index (χ4n) is 5.36. The lowest BCUT2D eigenvalue weighted by molar-refractivity contribution is 0.163. The van der Waals surface area contributed by atoms with E-state index in [4.69, 9.17) is 38.3 Å². The Morgan fingerprint density at radius 3 is 2.56 bits per heavy atom. The summed E-state index contributed by atoms with van der Waals surface area (Å²) in [7, 11) is 0. The molecule has 6 nitrogen and oxygen atoms in total. The number of piperidine rings is 1. The summed E-state index contributed by atoms with van der Waals surface area (Å²) in [6, 6.07) is 6.93. The fourth-order valence-corrected chi connectivity index (χ4v) is 5.93. The van der Waals surface area contributed by atoms with Gasteiger partial charge in [-0.25, -0.2) is 14.6 Å². The molecule has 32 heavy (non-hydrogen) atoms. The highest BCUT2D eigenvalue weighted by Gasteiger charge is 2.31. The normalized spacial score (nSPS) is 21.5. The van der Waals surface area contributed by atoms with Crippen LogP contribution in [0.2, 0.25) is 10.0 Å². The van der Waals surface area contributed by atoms with Gasteiger partial charge < -0.3 is 4.90 Å². The number of aromatic nitrogens is 4. The van der Waals surface area contributed by atoms with E-state index >= 15 is 0 Å². The van der Waals surface area contributed by atoms with Crippen LogP contribution in [0.15, 0.2) is 24.4 Å². The van der Waals surface area contributed by atoms with Gasteiger partial charge in [0, 0.05) is 35.2 Å². The van der Waals surface area contributed by atoms with E-state index in [1.165, 1.54) is 32.2 Å². The molecular weight excluding hydrogens is 443 g/mol. The number of hydrogen-bond acceptors (Lipinski definition) is 5. The molecule has 0 radical (unpaired) electrons. The average Bonchev–Trinajstić information content (AvgIpc) is 3.36. The van der Waals surface area contributed by atoms with Crippen LogP contribution in [0.3, 0.4) is 0 Å². The third-order valence-corrected chi connectivity index (χ3v) is 7.76. The Morgan fingerprint density at radius 2 is 1.88 bits per heavy atom. The molecule has 1 aromatic carbocycles. The van der Waals surface area contributed by atoms with Crippen molar-refractivity contribution in [2.45, 2.75) is 64.6 Å². The summed E-state index contributed by atoms with van der Waals surface area (Å²) in [6.45, 7) is 9.71. The molecule has 3 aromatic rings.